The molecule has 0 aliphatic carbocycles. The third-order valence-electron chi connectivity index (χ3n) is 5.35. The molecule has 0 spiro atoms. The monoisotopic (exact) mass is 381 g/mol. The second kappa shape index (κ2) is 8.93. The minimum absolute atomic E-state index is 0.197. The number of benzene rings is 2. The number of amides is 1. The summed E-state index contributed by atoms with van der Waals surface area (Å²) in [6, 6.07) is 13.9. The molecule has 2 aromatic carbocycles. The molecule has 3 rings (SSSR count). The summed E-state index contributed by atoms with van der Waals surface area (Å²) >= 11 is 0. The quantitative estimate of drug-likeness (QED) is 0.630. The van der Waals surface area contributed by atoms with Gasteiger partial charge in [0.05, 0.1) is 20.2 Å². The summed E-state index contributed by atoms with van der Waals surface area (Å²) in [6.45, 7) is 9.90. The van der Waals surface area contributed by atoms with Crippen LogP contribution in [0.5, 0.6) is 5.75 Å². The van der Waals surface area contributed by atoms with Gasteiger partial charge < -0.3 is 19.4 Å². The highest BCUT2D eigenvalue weighted by molar-refractivity contribution is 5.99. The van der Waals surface area contributed by atoms with Gasteiger partial charge >= 0.3 is 0 Å². The summed E-state index contributed by atoms with van der Waals surface area (Å²) in [5.41, 5.74) is 3.93. The molecule has 0 saturated carbocycles. The molecule has 0 atom stereocenters. The summed E-state index contributed by atoms with van der Waals surface area (Å²) in [5.74, 6) is 0.906. The topological polar surface area (TPSA) is 55.9 Å². The number of furan rings is 1. The average Bonchev–Trinajstić information content (AvgIpc) is 3.06. The first-order chi connectivity index (χ1) is 13.6. The molecule has 28 heavy (non-hydrogen) atoms. The van der Waals surface area contributed by atoms with Gasteiger partial charge in [-0.1, -0.05) is 24.3 Å². The van der Waals surface area contributed by atoms with Crippen molar-refractivity contribution in [1.82, 2.24) is 5.32 Å². The van der Waals surface area contributed by atoms with Crippen LogP contribution in [0.1, 0.15) is 41.1 Å². The molecule has 0 saturated heterocycles. The number of hydrogen-bond donors (Lipinski definition) is 2. The molecule has 148 valence electrons. The Hall–Kier alpha value is -2.79. The number of aryl methyl sites for hydroxylation is 1. The highest BCUT2D eigenvalue weighted by Gasteiger charge is 2.18. The van der Waals surface area contributed by atoms with E-state index in [9.17, 15) is 4.79 Å². The van der Waals surface area contributed by atoms with Gasteiger partial charge in [-0.05, 0) is 44.5 Å². The molecule has 0 radical (unpaired) electrons. The van der Waals surface area contributed by atoms with Gasteiger partial charge in [-0.3, -0.25) is 4.79 Å². The number of nitrogens with one attached hydrogen (secondary N) is 2. The number of rotatable bonds is 8. The number of fused-ring (bicyclic) bond motifs is 1. The lowest BCUT2D eigenvalue weighted by Crippen LogP contribution is -3.10. The van der Waals surface area contributed by atoms with Crippen molar-refractivity contribution in [3.63, 3.8) is 0 Å². The molecular weight excluding hydrogens is 352 g/mol. The highest BCUT2D eigenvalue weighted by atomic mass is 16.5. The van der Waals surface area contributed by atoms with Crippen LogP contribution in [0.3, 0.4) is 0 Å². The Morgan fingerprint density at radius 3 is 2.50 bits per heavy atom. The van der Waals surface area contributed by atoms with Crippen LogP contribution in [0, 0.1) is 6.92 Å². The van der Waals surface area contributed by atoms with Crippen molar-refractivity contribution in [3.05, 3.63) is 64.9 Å². The number of quaternary nitrogens is 1. The molecule has 5 heteroatoms. The van der Waals surface area contributed by atoms with Crippen molar-refractivity contribution in [1.29, 1.82) is 0 Å². The zero-order valence-corrected chi connectivity index (χ0v) is 17.1. The molecule has 0 bridgehead atoms. The van der Waals surface area contributed by atoms with E-state index in [0.717, 1.165) is 41.9 Å². The Labute approximate surface area is 166 Å². The lowest BCUT2D eigenvalue weighted by atomic mass is 10.1. The van der Waals surface area contributed by atoms with E-state index in [4.69, 9.17) is 9.15 Å². The van der Waals surface area contributed by atoms with E-state index in [2.05, 4.69) is 37.4 Å². The zero-order valence-electron chi connectivity index (χ0n) is 17.1. The zero-order chi connectivity index (χ0) is 20.1. The van der Waals surface area contributed by atoms with E-state index in [1.54, 1.807) is 7.11 Å². The molecule has 2 N–H and O–H groups in total. The van der Waals surface area contributed by atoms with E-state index in [1.165, 1.54) is 10.5 Å². The van der Waals surface area contributed by atoms with E-state index >= 15 is 0 Å². The smallest absolute Gasteiger partial charge is 0.287 e. The summed E-state index contributed by atoms with van der Waals surface area (Å²) in [5, 5.41) is 3.92. The SMILES string of the molecule is CC[NH+](CC)Cc1ccccc1CNC(=O)c1oc2ccc(OC)cc2c1C. The fourth-order valence-corrected chi connectivity index (χ4v) is 3.47. The van der Waals surface area contributed by atoms with Crippen molar-refractivity contribution >= 4 is 16.9 Å². The van der Waals surface area contributed by atoms with Crippen LogP contribution in [0.4, 0.5) is 0 Å². The van der Waals surface area contributed by atoms with Crippen LogP contribution < -0.4 is 15.0 Å². The number of hydrogen-bond acceptors (Lipinski definition) is 3. The largest absolute Gasteiger partial charge is 0.497 e. The van der Waals surface area contributed by atoms with Gasteiger partial charge in [-0.25, -0.2) is 0 Å². The predicted octanol–water partition coefficient (Wildman–Crippen LogP) is 3.10. The first kappa shape index (κ1) is 20.0. The average molecular weight is 381 g/mol. The molecule has 0 unspecified atom stereocenters. The summed E-state index contributed by atoms with van der Waals surface area (Å²) in [4.78, 5) is 14.3. The second-order valence-electron chi connectivity index (χ2n) is 7.00. The summed E-state index contributed by atoms with van der Waals surface area (Å²) < 4.78 is 11.1. The number of ether oxygens (including phenoxy) is 1. The van der Waals surface area contributed by atoms with Crippen LogP contribution in [0.15, 0.2) is 46.9 Å². The van der Waals surface area contributed by atoms with E-state index < -0.39 is 0 Å². The van der Waals surface area contributed by atoms with Crippen LogP contribution in [-0.2, 0) is 13.1 Å². The van der Waals surface area contributed by atoms with Crippen molar-refractivity contribution in [3.8, 4) is 5.75 Å². The van der Waals surface area contributed by atoms with Gasteiger partial charge in [0.1, 0.15) is 17.9 Å². The molecule has 1 heterocycles. The first-order valence-corrected chi connectivity index (χ1v) is 9.83. The molecule has 1 amide bonds. The van der Waals surface area contributed by atoms with Crippen molar-refractivity contribution in [2.45, 2.75) is 33.9 Å². The summed E-state index contributed by atoms with van der Waals surface area (Å²) in [7, 11) is 1.63. The van der Waals surface area contributed by atoms with Gasteiger partial charge in [0.15, 0.2) is 5.76 Å². The third-order valence-corrected chi connectivity index (χ3v) is 5.35. The van der Waals surface area contributed by atoms with Crippen LogP contribution in [0.2, 0.25) is 0 Å². The lowest BCUT2D eigenvalue weighted by Gasteiger charge is -2.17. The van der Waals surface area contributed by atoms with E-state index in [0.29, 0.717) is 17.9 Å². The maximum Gasteiger partial charge on any atom is 0.287 e. The second-order valence-corrected chi connectivity index (χ2v) is 7.00. The first-order valence-electron chi connectivity index (χ1n) is 9.83. The van der Waals surface area contributed by atoms with Crippen molar-refractivity contribution in [2.24, 2.45) is 0 Å². The molecule has 0 aliphatic heterocycles. The maximum absolute atomic E-state index is 12.8. The number of methoxy groups -OCH3 is 1. The Morgan fingerprint density at radius 2 is 1.82 bits per heavy atom. The molecule has 0 aliphatic rings. The third kappa shape index (κ3) is 4.20. The van der Waals surface area contributed by atoms with E-state index in [1.807, 2.05) is 31.2 Å². The fourth-order valence-electron chi connectivity index (χ4n) is 3.47. The molecule has 0 fully saturated rings. The minimum Gasteiger partial charge on any atom is -0.497 e. The number of carbonyl (C=O) groups is 1. The predicted molar refractivity (Wildman–Crippen MR) is 111 cm³/mol. The molecule has 5 nitrogen and oxygen atoms in total. The van der Waals surface area contributed by atoms with Crippen LogP contribution in [0.25, 0.3) is 11.0 Å². The molecule has 1 aromatic heterocycles. The highest BCUT2D eigenvalue weighted by Crippen LogP contribution is 2.28. The van der Waals surface area contributed by atoms with Crippen molar-refractivity contribution in [2.75, 3.05) is 20.2 Å². The Kier molecular flexibility index (Phi) is 6.37. The van der Waals surface area contributed by atoms with Crippen LogP contribution >= 0.6 is 0 Å². The van der Waals surface area contributed by atoms with Gasteiger partial charge in [-0.2, -0.15) is 0 Å². The van der Waals surface area contributed by atoms with E-state index in [-0.39, 0.29) is 5.91 Å². The van der Waals surface area contributed by atoms with Crippen LogP contribution in [-0.4, -0.2) is 26.1 Å². The van der Waals surface area contributed by atoms with Gasteiger partial charge in [-0.15, -0.1) is 0 Å². The van der Waals surface area contributed by atoms with Crippen molar-refractivity contribution < 1.29 is 18.8 Å². The normalized spacial score (nSPS) is 11.2. The Morgan fingerprint density at radius 1 is 1.11 bits per heavy atom. The fraction of sp³-hybridized carbons (Fsp3) is 0.348. The number of carbonyl (C=O) groups excluding carboxylic acids is 1. The Bertz CT molecular complexity index is 958. The molecular formula is C23H29N2O3+. The van der Waals surface area contributed by atoms with Gasteiger partial charge in [0.25, 0.3) is 5.91 Å². The van der Waals surface area contributed by atoms with Gasteiger partial charge in [0, 0.05) is 23.1 Å². The van der Waals surface area contributed by atoms with Gasteiger partial charge in [0.2, 0.25) is 0 Å². The minimum atomic E-state index is -0.197. The maximum atomic E-state index is 12.8. The standard InChI is InChI=1S/C23H28N2O3/c1-5-25(6-2)15-18-10-8-7-9-17(18)14-24-23(26)22-16(3)20-13-19(27-4)11-12-21(20)28-22/h7-13H,5-6,14-15H2,1-4H3,(H,24,26)/p+1. The Balaban J connectivity index is 1.76. The summed E-state index contributed by atoms with van der Waals surface area (Å²) in [6.07, 6.45) is 0. The lowest BCUT2D eigenvalue weighted by molar-refractivity contribution is -0.910. The molecule has 3 aromatic rings.